The highest BCUT2D eigenvalue weighted by Crippen LogP contribution is 2.58. The van der Waals surface area contributed by atoms with Crippen LogP contribution in [0.2, 0.25) is 0 Å². The number of allylic oxidation sites excluding steroid dienone is 1. The Hall–Kier alpha value is -0.390. The molecule has 2 aliphatic rings. The average molecular weight is 359 g/mol. The third-order valence-corrected chi connectivity index (χ3v) is 7.60. The van der Waals surface area contributed by atoms with Crippen LogP contribution in [0.15, 0.2) is 12.7 Å². The number of unbranched alkanes of at least 4 members (excludes halogenated alkanes) is 4. The van der Waals surface area contributed by atoms with Crippen molar-refractivity contribution in [3.8, 4) is 0 Å². The van der Waals surface area contributed by atoms with Crippen LogP contribution in [0.4, 0.5) is 0 Å². The number of fused-ring (bicyclic) bond motifs is 1. The van der Waals surface area contributed by atoms with Crippen LogP contribution in [0.3, 0.4) is 0 Å². The largest absolute Gasteiger partial charge is 0.348 e. The molecule has 1 saturated carbocycles. The molecule has 0 bridgehead atoms. The van der Waals surface area contributed by atoms with E-state index in [4.69, 9.17) is 8.92 Å². The van der Waals surface area contributed by atoms with E-state index >= 15 is 0 Å². The predicted octanol–water partition coefficient (Wildman–Crippen LogP) is 4.94. The van der Waals surface area contributed by atoms with Crippen molar-refractivity contribution in [3.05, 3.63) is 12.7 Å². The molecule has 0 aromatic heterocycles. The highest BCUT2D eigenvalue weighted by atomic mass is 32.2. The second kappa shape index (κ2) is 8.33. The Balaban J connectivity index is 1.98. The molecule has 1 aliphatic heterocycles. The van der Waals surface area contributed by atoms with Gasteiger partial charge in [-0.25, -0.2) is 4.18 Å². The number of hydrogen-bond acceptors (Lipinski definition) is 4. The standard InChI is InChI=1S/C19H34O4S/c1-4-6-7-8-9-11-17(3)24(20,21)23-19-14-10-13-18(19,12-5-2)15-16-22-19/h5,17H,2,4,6-16H2,1,3H3. The molecular weight excluding hydrogens is 324 g/mol. The van der Waals surface area contributed by atoms with Gasteiger partial charge in [-0.05, 0) is 39.0 Å². The van der Waals surface area contributed by atoms with E-state index in [0.717, 1.165) is 38.5 Å². The molecule has 140 valence electrons. The Morgan fingerprint density at radius 2 is 1.96 bits per heavy atom. The maximum atomic E-state index is 12.8. The smallest absolute Gasteiger partial charge is 0.272 e. The highest BCUT2D eigenvalue weighted by Gasteiger charge is 2.62. The third kappa shape index (κ3) is 4.05. The zero-order chi connectivity index (χ0) is 17.7. The van der Waals surface area contributed by atoms with Crippen molar-refractivity contribution in [2.24, 2.45) is 5.41 Å². The topological polar surface area (TPSA) is 52.6 Å². The molecule has 0 aromatic carbocycles. The predicted molar refractivity (Wildman–Crippen MR) is 97.2 cm³/mol. The first kappa shape index (κ1) is 19.9. The summed E-state index contributed by atoms with van der Waals surface area (Å²) in [5.74, 6) is -0.948. The van der Waals surface area contributed by atoms with Crippen LogP contribution in [0.25, 0.3) is 0 Å². The molecule has 0 amide bonds. The lowest BCUT2D eigenvalue weighted by Crippen LogP contribution is -2.46. The normalized spacial score (nSPS) is 31.1. The van der Waals surface area contributed by atoms with Crippen molar-refractivity contribution < 1.29 is 17.3 Å². The second-order valence-electron chi connectivity index (χ2n) is 7.57. The van der Waals surface area contributed by atoms with E-state index in [9.17, 15) is 8.42 Å². The van der Waals surface area contributed by atoms with Crippen molar-refractivity contribution in [2.75, 3.05) is 6.61 Å². The molecule has 0 N–H and O–H groups in total. The number of hydrogen-bond donors (Lipinski definition) is 0. The summed E-state index contributed by atoms with van der Waals surface area (Å²) in [5.41, 5.74) is -0.206. The minimum absolute atomic E-state index is 0.206. The van der Waals surface area contributed by atoms with Gasteiger partial charge >= 0.3 is 0 Å². The lowest BCUT2D eigenvalue weighted by molar-refractivity contribution is -0.188. The van der Waals surface area contributed by atoms with Crippen molar-refractivity contribution in [2.45, 2.75) is 95.5 Å². The van der Waals surface area contributed by atoms with Crippen LogP contribution in [0.5, 0.6) is 0 Å². The molecule has 0 spiro atoms. The molecule has 2 rings (SSSR count). The summed E-state index contributed by atoms with van der Waals surface area (Å²) in [7, 11) is -3.62. The van der Waals surface area contributed by atoms with Crippen molar-refractivity contribution in [1.29, 1.82) is 0 Å². The van der Waals surface area contributed by atoms with E-state index in [-0.39, 0.29) is 5.41 Å². The van der Waals surface area contributed by atoms with E-state index in [2.05, 4.69) is 13.5 Å². The molecular formula is C19H34O4S. The number of ether oxygens (including phenoxy) is 1. The Bertz CT molecular complexity index is 501. The Morgan fingerprint density at radius 3 is 2.67 bits per heavy atom. The van der Waals surface area contributed by atoms with E-state index in [0.29, 0.717) is 19.4 Å². The Labute approximate surface area is 148 Å². The summed E-state index contributed by atoms with van der Waals surface area (Å²) < 4.78 is 37.2. The highest BCUT2D eigenvalue weighted by molar-refractivity contribution is 7.87. The van der Waals surface area contributed by atoms with Gasteiger partial charge < -0.3 is 4.74 Å². The Kier molecular flexibility index (Phi) is 6.91. The van der Waals surface area contributed by atoms with E-state index in [1.807, 2.05) is 6.08 Å². The maximum Gasteiger partial charge on any atom is 0.272 e. The summed E-state index contributed by atoms with van der Waals surface area (Å²) in [5, 5.41) is -0.472. The van der Waals surface area contributed by atoms with Gasteiger partial charge in [-0.2, -0.15) is 8.42 Å². The van der Waals surface area contributed by atoms with Gasteiger partial charge in [0.1, 0.15) is 0 Å². The summed E-state index contributed by atoms with van der Waals surface area (Å²) in [6, 6.07) is 0. The lowest BCUT2D eigenvalue weighted by atomic mass is 9.77. The minimum Gasteiger partial charge on any atom is -0.348 e. The van der Waals surface area contributed by atoms with Crippen LogP contribution >= 0.6 is 0 Å². The van der Waals surface area contributed by atoms with Crippen molar-refractivity contribution >= 4 is 10.1 Å². The van der Waals surface area contributed by atoms with Crippen LogP contribution in [-0.4, -0.2) is 26.1 Å². The first-order valence-corrected chi connectivity index (χ1v) is 11.1. The quantitative estimate of drug-likeness (QED) is 0.298. The second-order valence-corrected chi connectivity index (χ2v) is 9.52. The first-order chi connectivity index (χ1) is 11.4. The van der Waals surface area contributed by atoms with Gasteiger partial charge in [0.05, 0.1) is 11.9 Å². The SMILES string of the molecule is C=CCC12CCCC1(OS(=O)(=O)C(C)CCCCCCC)OCC2. The van der Waals surface area contributed by atoms with Gasteiger partial charge in [-0.15, -0.1) is 6.58 Å². The van der Waals surface area contributed by atoms with E-state index in [1.54, 1.807) is 6.92 Å². The molecule has 1 heterocycles. The average Bonchev–Trinajstić information content (AvgIpc) is 3.00. The van der Waals surface area contributed by atoms with Gasteiger partial charge in [-0.1, -0.05) is 45.1 Å². The summed E-state index contributed by atoms with van der Waals surface area (Å²) >= 11 is 0. The monoisotopic (exact) mass is 358 g/mol. The van der Waals surface area contributed by atoms with Gasteiger partial charge in [0, 0.05) is 11.8 Å². The summed E-state index contributed by atoms with van der Waals surface area (Å²) in [6.45, 7) is 8.37. The fourth-order valence-corrected chi connectivity index (χ4v) is 5.61. The molecule has 4 nitrogen and oxygen atoms in total. The molecule has 1 saturated heterocycles. The first-order valence-electron chi connectivity index (χ1n) is 9.61. The zero-order valence-corrected chi connectivity index (χ0v) is 16.2. The number of rotatable bonds is 11. The fraction of sp³-hybridized carbons (Fsp3) is 0.895. The summed E-state index contributed by atoms with van der Waals surface area (Å²) in [4.78, 5) is 0. The molecule has 3 atom stereocenters. The molecule has 24 heavy (non-hydrogen) atoms. The fourth-order valence-electron chi connectivity index (χ4n) is 4.31. The molecule has 0 radical (unpaired) electrons. The Morgan fingerprint density at radius 1 is 1.21 bits per heavy atom. The van der Waals surface area contributed by atoms with E-state index in [1.165, 1.54) is 19.3 Å². The van der Waals surface area contributed by atoms with Crippen LogP contribution < -0.4 is 0 Å². The molecule has 0 aromatic rings. The molecule has 5 heteroatoms. The van der Waals surface area contributed by atoms with Crippen LogP contribution in [-0.2, 0) is 19.0 Å². The van der Waals surface area contributed by atoms with Gasteiger partial charge in [0.15, 0.2) is 5.79 Å². The van der Waals surface area contributed by atoms with Crippen molar-refractivity contribution in [3.63, 3.8) is 0 Å². The third-order valence-electron chi connectivity index (χ3n) is 5.88. The molecule has 1 aliphatic carbocycles. The van der Waals surface area contributed by atoms with Crippen LogP contribution in [0.1, 0.15) is 84.5 Å². The summed E-state index contributed by atoms with van der Waals surface area (Å²) in [6.07, 6.45) is 12.4. The zero-order valence-electron chi connectivity index (χ0n) is 15.4. The van der Waals surface area contributed by atoms with Crippen LogP contribution in [0, 0.1) is 5.41 Å². The van der Waals surface area contributed by atoms with Gasteiger partial charge in [0.2, 0.25) is 0 Å². The molecule has 2 fully saturated rings. The van der Waals surface area contributed by atoms with E-state index < -0.39 is 21.2 Å². The molecule has 3 unspecified atom stereocenters. The van der Waals surface area contributed by atoms with Gasteiger partial charge in [0.25, 0.3) is 10.1 Å². The minimum atomic E-state index is -3.62. The maximum absolute atomic E-state index is 12.8. The lowest BCUT2D eigenvalue weighted by Gasteiger charge is -2.38. The van der Waals surface area contributed by atoms with Gasteiger partial charge in [-0.3, -0.25) is 0 Å². The van der Waals surface area contributed by atoms with Crippen molar-refractivity contribution in [1.82, 2.24) is 0 Å².